The minimum Gasteiger partial charge on any atom is -0.490 e. The quantitative estimate of drug-likeness (QED) is 0.252. The molecule has 0 bridgehead atoms. The lowest BCUT2D eigenvalue weighted by Crippen LogP contribution is -2.11. The molecule has 0 aromatic heterocycles. The number of ether oxygens (including phenoxy) is 2. The maximum absolute atomic E-state index is 11.7. The molecular weight excluding hydrogens is 300 g/mol. The van der Waals surface area contributed by atoms with Crippen LogP contribution < -0.4 is 4.74 Å². The van der Waals surface area contributed by atoms with Gasteiger partial charge in [0.2, 0.25) is 0 Å². The van der Waals surface area contributed by atoms with E-state index >= 15 is 0 Å². The van der Waals surface area contributed by atoms with Crippen molar-refractivity contribution >= 4 is 5.97 Å². The van der Waals surface area contributed by atoms with Gasteiger partial charge in [-0.2, -0.15) is 0 Å². The monoisotopic (exact) mass is 330 g/mol. The smallest absolute Gasteiger partial charge is 0.331 e. The summed E-state index contributed by atoms with van der Waals surface area (Å²) in [5, 5.41) is 0. The Hall–Kier alpha value is -2.03. The molecular formula is C21H30O3. The van der Waals surface area contributed by atoms with Crippen molar-refractivity contribution in [1.82, 2.24) is 0 Å². The molecule has 0 atom stereocenters. The van der Waals surface area contributed by atoms with Crippen molar-refractivity contribution in [2.45, 2.75) is 53.4 Å². The molecule has 0 unspecified atom stereocenters. The van der Waals surface area contributed by atoms with Crippen LogP contribution in [0.25, 0.3) is 0 Å². The summed E-state index contributed by atoms with van der Waals surface area (Å²) < 4.78 is 10.8. The second kappa shape index (κ2) is 11.5. The first-order chi connectivity index (χ1) is 11.5. The van der Waals surface area contributed by atoms with Gasteiger partial charge in [-0.05, 0) is 56.4 Å². The van der Waals surface area contributed by atoms with E-state index in [-0.39, 0.29) is 12.6 Å². The van der Waals surface area contributed by atoms with Gasteiger partial charge in [-0.25, -0.2) is 4.79 Å². The van der Waals surface area contributed by atoms with Crippen molar-refractivity contribution in [3.05, 3.63) is 53.1 Å². The second-order valence-electron chi connectivity index (χ2n) is 6.00. The van der Waals surface area contributed by atoms with E-state index in [0.717, 1.165) is 23.3 Å². The largest absolute Gasteiger partial charge is 0.490 e. The summed E-state index contributed by atoms with van der Waals surface area (Å²) >= 11 is 0. The van der Waals surface area contributed by atoms with E-state index in [2.05, 4.69) is 13.0 Å². The molecule has 0 radical (unpaired) electrons. The van der Waals surface area contributed by atoms with Crippen LogP contribution in [0, 0.1) is 13.8 Å². The third kappa shape index (κ3) is 8.00. The molecule has 0 amide bonds. The van der Waals surface area contributed by atoms with Crippen molar-refractivity contribution < 1.29 is 14.3 Å². The van der Waals surface area contributed by atoms with Gasteiger partial charge in [0.15, 0.2) is 0 Å². The van der Waals surface area contributed by atoms with Crippen molar-refractivity contribution in [2.24, 2.45) is 0 Å². The average Bonchev–Trinajstić information content (AvgIpc) is 2.55. The van der Waals surface area contributed by atoms with E-state index in [4.69, 9.17) is 9.47 Å². The predicted octanol–water partition coefficient (Wildman–Crippen LogP) is 5.31. The Balaban J connectivity index is 2.28. The predicted molar refractivity (Wildman–Crippen MR) is 99.4 cm³/mol. The van der Waals surface area contributed by atoms with Crippen molar-refractivity contribution in [2.75, 3.05) is 13.2 Å². The first-order valence-corrected chi connectivity index (χ1v) is 8.75. The zero-order chi connectivity index (χ0) is 17.8. The third-order valence-corrected chi connectivity index (χ3v) is 3.84. The molecule has 0 aliphatic carbocycles. The highest BCUT2D eigenvalue weighted by Gasteiger charge is 2.03. The maximum Gasteiger partial charge on any atom is 0.331 e. The number of rotatable bonds is 10. The summed E-state index contributed by atoms with van der Waals surface area (Å²) in [4.78, 5) is 11.7. The van der Waals surface area contributed by atoms with Gasteiger partial charge in [-0.1, -0.05) is 44.1 Å². The van der Waals surface area contributed by atoms with Gasteiger partial charge in [0, 0.05) is 6.08 Å². The first kappa shape index (κ1) is 20.0. The third-order valence-electron chi connectivity index (χ3n) is 3.84. The summed E-state index contributed by atoms with van der Waals surface area (Å²) in [6, 6.07) is 5.94. The highest BCUT2D eigenvalue weighted by molar-refractivity contribution is 5.83. The zero-order valence-corrected chi connectivity index (χ0v) is 15.4. The summed E-state index contributed by atoms with van der Waals surface area (Å²) in [6.45, 7) is 8.77. The lowest BCUT2D eigenvalue weighted by atomic mass is 10.1. The second-order valence-corrected chi connectivity index (χ2v) is 6.00. The van der Waals surface area contributed by atoms with E-state index < -0.39 is 0 Å². The van der Waals surface area contributed by atoms with E-state index in [1.54, 1.807) is 0 Å². The Morgan fingerprint density at radius 3 is 2.71 bits per heavy atom. The fraction of sp³-hybridized carbons (Fsp3) is 0.476. The fourth-order valence-corrected chi connectivity index (χ4v) is 2.23. The minimum atomic E-state index is -0.324. The molecule has 3 heteroatoms. The zero-order valence-electron chi connectivity index (χ0n) is 15.4. The van der Waals surface area contributed by atoms with E-state index in [1.807, 2.05) is 45.0 Å². The Morgan fingerprint density at radius 2 is 1.96 bits per heavy atom. The van der Waals surface area contributed by atoms with Crippen LogP contribution in [-0.2, 0) is 9.53 Å². The standard InChI is InChI=1S/C21H30O3/c1-5-6-7-8-9-11-17(2)16-21(22)24-15-14-23-20-13-10-12-18(3)19(20)4/h9-13,16H,5-8,14-15H2,1-4H3/b11-9+,17-16+. The van der Waals surface area contributed by atoms with Gasteiger partial charge in [0.05, 0.1) is 0 Å². The molecule has 1 aromatic rings. The lowest BCUT2D eigenvalue weighted by molar-refractivity contribution is -0.138. The van der Waals surface area contributed by atoms with Crippen LogP contribution >= 0.6 is 0 Å². The van der Waals surface area contributed by atoms with Gasteiger partial charge in [0.1, 0.15) is 19.0 Å². The number of carbonyl (C=O) groups is 1. The summed E-state index contributed by atoms with van der Waals surface area (Å²) in [7, 11) is 0. The number of unbranched alkanes of at least 4 members (excludes halogenated alkanes) is 3. The molecule has 0 saturated carbocycles. The highest BCUT2D eigenvalue weighted by Crippen LogP contribution is 2.20. The van der Waals surface area contributed by atoms with Crippen LogP contribution in [0.3, 0.4) is 0 Å². The summed E-state index contributed by atoms with van der Waals surface area (Å²) in [5.74, 6) is 0.517. The number of esters is 1. The maximum atomic E-state index is 11.7. The van der Waals surface area contributed by atoms with Crippen molar-refractivity contribution in [3.8, 4) is 5.75 Å². The Kier molecular flexibility index (Phi) is 9.59. The normalized spacial score (nSPS) is 11.8. The number of hydrogen-bond acceptors (Lipinski definition) is 3. The summed E-state index contributed by atoms with van der Waals surface area (Å²) in [5.41, 5.74) is 3.22. The number of carbonyl (C=O) groups excluding carboxylic acids is 1. The van der Waals surface area contributed by atoms with E-state index in [0.29, 0.717) is 6.61 Å². The molecule has 1 rings (SSSR count). The number of aryl methyl sites for hydroxylation is 1. The molecule has 0 aliphatic heterocycles. The van der Waals surface area contributed by atoms with Gasteiger partial charge >= 0.3 is 5.97 Å². The molecule has 3 nitrogen and oxygen atoms in total. The number of hydrogen-bond donors (Lipinski definition) is 0. The van der Waals surface area contributed by atoms with Crippen LogP contribution in [-0.4, -0.2) is 19.2 Å². The molecule has 0 saturated heterocycles. The SMILES string of the molecule is CCCCC/C=C/C(C)=C/C(=O)OCCOc1cccc(C)c1C. The fourth-order valence-electron chi connectivity index (χ4n) is 2.23. The lowest BCUT2D eigenvalue weighted by Gasteiger charge is -2.10. The summed E-state index contributed by atoms with van der Waals surface area (Å²) in [6.07, 6.45) is 10.3. The molecule has 0 N–H and O–H groups in total. The van der Waals surface area contributed by atoms with Crippen LogP contribution in [0.5, 0.6) is 5.75 Å². The average molecular weight is 330 g/mol. The molecule has 24 heavy (non-hydrogen) atoms. The highest BCUT2D eigenvalue weighted by atomic mass is 16.6. The van der Waals surface area contributed by atoms with E-state index in [9.17, 15) is 4.79 Å². The Labute approximate surface area is 146 Å². The van der Waals surface area contributed by atoms with Crippen molar-refractivity contribution in [1.29, 1.82) is 0 Å². The van der Waals surface area contributed by atoms with Gasteiger partial charge in [-0.3, -0.25) is 0 Å². The molecule has 0 fully saturated rings. The minimum absolute atomic E-state index is 0.246. The van der Waals surface area contributed by atoms with Gasteiger partial charge in [0.25, 0.3) is 0 Å². The molecule has 132 valence electrons. The van der Waals surface area contributed by atoms with Gasteiger partial charge < -0.3 is 9.47 Å². The molecule has 0 aliphatic rings. The van der Waals surface area contributed by atoms with Crippen LogP contribution in [0.4, 0.5) is 0 Å². The first-order valence-electron chi connectivity index (χ1n) is 8.75. The number of benzene rings is 1. The molecule has 1 aromatic carbocycles. The topological polar surface area (TPSA) is 35.5 Å². The van der Waals surface area contributed by atoms with Crippen LogP contribution in [0.15, 0.2) is 42.0 Å². The van der Waals surface area contributed by atoms with Crippen LogP contribution in [0.1, 0.15) is 50.7 Å². The van der Waals surface area contributed by atoms with Crippen LogP contribution in [0.2, 0.25) is 0 Å². The Bertz CT molecular complexity index is 570. The van der Waals surface area contributed by atoms with E-state index in [1.165, 1.54) is 30.9 Å². The molecule has 0 spiro atoms. The van der Waals surface area contributed by atoms with Gasteiger partial charge in [-0.15, -0.1) is 0 Å². The Morgan fingerprint density at radius 1 is 1.17 bits per heavy atom. The molecule has 0 heterocycles. The number of allylic oxidation sites excluding steroid dienone is 3. The van der Waals surface area contributed by atoms with Crippen molar-refractivity contribution in [3.63, 3.8) is 0 Å².